The summed E-state index contributed by atoms with van der Waals surface area (Å²) in [5, 5.41) is 2.81. The van der Waals surface area contributed by atoms with E-state index in [2.05, 4.69) is 55.5 Å². The summed E-state index contributed by atoms with van der Waals surface area (Å²) < 4.78 is 5.36. The molecular formula is C15H19NOS. The zero-order valence-electron chi connectivity index (χ0n) is 11.3. The van der Waals surface area contributed by atoms with Gasteiger partial charge in [-0.25, -0.2) is 0 Å². The number of nitrogens with zero attached hydrogens (tertiary/aromatic N) is 1. The first-order chi connectivity index (χ1) is 8.55. The predicted octanol–water partition coefficient (Wildman–Crippen LogP) is 3.84. The lowest BCUT2D eigenvalue weighted by molar-refractivity contribution is 0.343. The van der Waals surface area contributed by atoms with E-state index in [4.69, 9.17) is 4.74 Å². The summed E-state index contributed by atoms with van der Waals surface area (Å²) in [6, 6.07) is 6.45. The summed E-state index contributed by atoms with van der Waals surface area (Å²) in [5.41, 5.74) is 2.87. The molecule has 0 N–H and O–H groups in total. The first kappa shape index (κ1) is 12.0. The van der Waals surface area contributed by atoms with Gasteiger partial charge in [-0.15, -0.1) is 11.8 Å². The summed E-state index contributed by atoms with van der Waals surface area (Å²) in [4.78, 5) is 2.39. The maximum absolute atomic E-state index is 5.36. The molecular weight excluding hydrogens is 242 g/mol. The van der Waals surface area contributed by atoms with Gasteiger partial charge in [-0.3, -0.25) is 0 Å². The van der Waals surface area contributed by atoms with E-state index >= 15 is 0 Å². The average molecular weight is 261 g/mol. The third-order valence-corrected chi connectivity index (χ3v) is 5.58. The second-order valence-corrected chi connectivity index (χ2v) is 6.60. The van der Waals surface area contributed by atoms with Gasteiger partial charge in [0.1, 0.15) is 5.75 Å². The molecule has 0 spiro atoms. The van der Waals surface area contributed by atoms with E-state index in [0.29, 0.717) is 11.2 Å². The van der Waals surface area contributed by atoms with Crippen LogP contribution in [-0.2, 0) is 0 Å². The highest BCUT2D eigenvalue weighted by atomic mass is 32.2. The van der Waals surface area contributed by atoms with Crippen molar-refractivity contribution >= 4 is 17.4 Å². The van der Waals surface area contributed by atoms with Crippen molar-refractivity contribution in [2.75, 3.05) is 19.1 Å². The monoisotopic (exact) mass is 261 g/mol. The van der Waals surface area contributed by atoms with Gasteiger partial charge in [-0.05, 0) is 30.9 Å². The number of hydrogen-bond acceptors (Lipinski definition) is 3. The Morgan fingerprint density at radius 1 is 1.33 bits per heavy atom. The summed E-state index contributed by atoms with van der Waals surface area (Å²) in [7, 11) is 3.91. The molecule has 18 heavy (non-hydrogen) atoms. The van der Waals surface area contributed by atoms with Gasteiger partial charge in [0.2, 0.25) is 0 Å². The molecule has 3 heteroatoms. The fourth-order valence-corrected chi connectivity index (χ4v) is 4.36. The maximum Gasteiger partial charge on any atom is 0.120 e. The minimum atomic E-state index is 0.143. The molecule has 0 bridgehead atoms. The molecule has 0 aliphatic carbocycles. The van der Waals surface area contributed by atoms with E-state index in [-0.39, 0.29) is 5.54 Å². The van der Waals surface area contributed by atoms with Crippen LogP contribution < -0.4 is 9.64 Å². The molecule has 0 fully saturated rings. The lowest BCUT2D eigenvalue weighted by Gasteiger charge is -2.49. The second-order valence-electron chi connectivity index (χ2n) is 5.55. The predicted molar refractivity (Wildman–Crippen MR) is 78.4 cm³/mol. The molecule has 0 amide bonds. The number of rotatable bonds is 1. The minimum absolute atomic E-state index is 0.143. The van der Waals surface area contributed by atoms with Crippen LogP contribution in [-0.4, -0.2) is 19.7 Å². The van der Waals surface area contributed by atoms with Crippen LogP contribution in [0.3, 0.4) is 0 Å². The number of ether oxygens (including phenoxy) is 1. The van der Waals surface area contributed by atoms with E-state index in [0.717, 1.165) is 5.75 Å². The smallest absolute Gasteiger partial charge is 0.120 e. The fraction of sp³-hybridized carbons (Fsp3) is 0.467. The van der Waals surface area contributed by atoms with E-state index in [1.54, 1.807) is 7.11 Å². The number of thioether (sulfide) groups is 1. The van der Waals surface area contributed by atoms with Gasteiger partial charge in [-0.1, -0.05) is 12.1 Å². The van der Waals surface area contributed by atoms with Crippen LogP contribution >= 0.6 is 11.8 Å². The van der Waals surface area contributed by atoms with E-state index in [1.165, 1.54) is 11.3 Å². The molecule has 96 valence electrons. The van der Waals surface area contributed by atoms with Crippen LogP contribution in [0.25, 0.3) is 0 Å². The van der Waals surface area contributed by atoms with Crippen LogP contribution in [0, 0.1) is 5.92 Å². The molecule has 1 aromatic rings. The highest BCUT2D eigenvalue weighted by Crippen LogP contribution is 2.56. The zero-order chi connectivity index (χ0) is 12.9. The van der Waals surface area contributed by atoms with Gasteiger partial charge in [0.15, 0.2) is 0 Å². The van der Waals surface area contributed by atoms with Crippen LogP contribution in [0.15, 0.2) is 29.7 Å². The van der Waals surface area contributed by atoms with Gasteiger partial charge >= 0.3 is 0 Å². The van der Waals surface area contributed by atoms with E-state index in [9.17, 15) is 0 Å². The van der Waals surface area contributed by atoms with Crippen molar-refractivity contribution in [1.29, 1.82) is 0 Å². The number of methoxy groups -OCH3 is 1. The molecule has 2 aliphatic rings. The Hall–Kier alpha value is -1.09. The SMILES string of the molecule is COc1ccc2c(c1)N(C)C(C)(C)C1C=CSC21. The molecule has 2 unspecified atom stereocenters. The van der Waals surface area contributed by atoms with Crippen molar-refractivity contribution in [1.82, 2.24) is 0 Å². The fourth-order valence-electron chi connectivity index (χ4n) is 2.99. The van der Waals surface area contributed by atoms with Crippen molar-refractivity contribution in [3.05, 3.63) is 35.2 Å². The lowest BCUT2D eigenvalue weighted by Crippen LogP contribution is -2.51. The number of hydrogen-bond donors (Lipinski definition) is 0. The first-order valence-corrected chi connectivity index (χ1v) is 7.24. The molecule has 2 heterocycles. The van der Waals surface area contributed by atoms with Gasteiger partial charge in [0, 0.05) is 35.5 Å². The van der Waals surface area contributed by atoms with Gasteiger partial charge in [-0.2, -0.15) is 0 Å². The van der Waals surface area contributed by atoms with Crippen LogP contribution in [0.2, 0.25) is 0 Å². The Morgan fingerprint density at radius 3 is 2.83 bits per heavy atom. The van der Waals surface area contributed by atoms with Crippen molar-refractivity contribution in [2.24, 2.45) is 5.92 Å². The maximum atomic E-state index is 5.36. The van der Waals surface area contributed by atoms with E-state index < -0.39 is 0 Å². The Kier molecular flexibility index (Phi) is 2.63. The normalized spacial score (nSPS) is 27.9. The van der Waals surface area contributed by atoms with Crippen molar-refractivity contribution in [3.8, 4) is 5.75 Å². The highest BCUT2D eigenvalue weighted by molar-refractivity contribution is 8.02. The van der Waals surface area contributed by atoms with Crippen molar-refractivity contribution < 1.29 is 4.74 Å². The standard InChI is InChI=1S/C15H19NOS/c1-15(2)12-7-8-18-14(12)11-6-5-10(17-4)9-13(11)16(15)3/h5-9,12,14H,1-4H3. The molecule has 0 radical (unpaired) electrons. The number of benzene rings is 1. The topological polar surface area (TPSA) is 12.5 Å². The summed E-state index contributed by atoms with van der Waals surface area (Å²) >= 11 is 1.94. The lowest BCUT2D eigenvalue weighted by atomic mass is 9.77. The Balaban J connectivity index is 2.16. The van der Waals surface area contributed by atoms with Gasteiger partial charge in [0.05, 0.1) is 7.11 Å². The molecule has 0 aromatic heterocycles. The Morgan fingerprint density at radius 2 is 2.11 bits per heavy atom. The average Bonchev–Trinajstić information content (AvgIpc) is 2.86. The first-order valence-electron chi connectivity index (χ1n) is 6.29. The quantitative estimate of drug-likeness (QED) is 0.762. The molecule has 0 saturated heterocycles. The number of anilines is 1. The zero-order valence-corrected chi connectivity index (χ0v) is 12.1. The minimum Gasteiger partial charge on any atom is -0.497 e. The van der Waals surface area contributed by atoms with Crippen molar-refractivity contribution in [3.63, 3.8) is 0 Å². The van der Waals surface area contributed by atoms with Crippen LogP contribution in [0.5, 0.6) is 5.75 Å². The molecule has 2 nitrogen and oxygen atoms in total. The molecule has 3 rings (SSSR count). The third kappa shape index (κ3) is 1.50. The Bertz CT molecular complexity index is 509. The van der Waals surface area contributed by atoms with Crippen LogP contribution in [0.1, 0.15) is 24.7 Å². The van der Waals surface area contributed by atoms with Crippen LogP contribution in [0.4, 0.5) is 5.69 Å². The second kappa shape index (κ2) is 3.95. The highest BCUT2D eigenvalue weighted by Gasteiger charge is 2.45. The summed E-state index contributed by atoms with van der Waals surface area (Å²) in [6.45, 7) is 4.65. The molecule has 0 saturated carbocycles. The summed E-state index contributed by atoms with van der Waals surface area (Å²) in [6.07, 6.45) is 2.36. The largest absolute Gasteiger partial charge is 0.497 e. The van der Waals surface area contributed by atoms with Crippen molar-refractivity contribution in [2.45, 2.75) is 24.6 Å². The van der Waals surface area contributed by atoms with Gasteiger partial charge < -0.3 is 9.64 Å². The summed E-state index contributed by atoms with van der Waals surface area (Å²) in [5.74, 6) is 1.51. The van der Waals surface area contributed by atoms with Gasteiger partial charge in [0.25, 0.3) is 0 Å². The third-order valence-electron chi connectivity index (χ3n) is 4.42. The molecule has 1 aromatic carbocycles. The Labute approximate surface area is 113 Å². The van der Waals surface area contributed by atoms with E-state index in [1.807, 2.05) is 11.8 Å². The number of fused-ring (bicyclic) bond motifs is 3. The molecule has 2 atom stereocenters. The molecule has 2 aliphatic heterocycles.